The van der Waals surface area contributed by atoms with Gasteiger partial charge in [-0.2, -0.15) is 9.78 Å². The molecule has 0 fully saturated rings. The van der Waals surface area contributed by atoms with Crippen molar-refractivity contribution in [3.63, 3.8) is 0 Å². The van der Waals surface area contributed by atoms with E-state index in [0.29, 0.717) is 16.6 Å². The number of ether oxygens (including phenoxy) is 1. The second-order valence-corrected chi connectivity index (χ2v) is 6.32. The molecule has 0 aliphatic rings. The molecule has 0 atom stereocenters. The van der Waals surface area contributed by atoms with Gasteiger partial charge in [-0.25, -0.2) is 0 Å². The molecule has 0 aliphatic carbocycles. The van der Waals surface area contributed by atoms with Gasteiger partial charge in [0.25, 0.3) is 5.56 Å². The zero-order valence-electron chi connectivity index (χ0n) is 13.2. The smallest absolute Gasteiger partial charge is 0.302 e. The van der Waals surface area contributed by atoms with Crippen LogP contribution in [0, 0.1) is 6.92 Å². The Morgan fingerprint density at radius 1 is 1.29 bits per heavy atom. The molecule has 0 bridgehead atoms. The highest BCUT2D eigenvalue weighted by Crippen LogP contribution is 2.24. The largest absolute Gasteiger partial charge is 0.461 e. The van der Waals surface area contributed by atoms with E-state index in [1.165, 1.54) is 11.6 Å². The quantitative estimate of drug-likeness (QED) is 0.646. The first-order valence-electron chi connectivity index (χ1n) is 7.37. The van der Waals surface area contributed by atoms with E-state index in [1.807, 2.05) is 31.2 Å². The van der Waals surface area contributed by atoms with Crippen molar-refractivity contribution in [1.82, 2.24) is 9.78 Å². The second kappa shape index (κ2) is 6.57. The van der Waals surface area contributed by atoms with Crippen molar-refractivity contribution in [3.05, 3.63) is 68.5 Å². The summed E-state index contributed by atoms with van der Waals surface area (Å²) in [5, 5.41) is 5.68. The first-order chi connectivity index (χ1) is 11.5. The normalized spacial score (nSPS) is 10.8. The van der Waals surface area contributed by atoms with E-state index in [9.17, 15) is 9.59 Å². The maximum Gasteiger partial charge on any atom is 0.302 e. The molecular formula is C18H15BrN2O3. The molecule has 0 unspecified atom stereocenters. The average Bonchev–Trinajstić information content (AvgIpc) is 2.53. The monoisotopic (exact) mass is 386 g/mol. The SMILES string of the molecule is CC(=O)OCc1c(Br)cccc1-n1ncc2cc(C)ccc2c1=O. The summed E-state index contributed by atoms with van der Waals surface area (Å²) in [5.74, 6) is -0.383. The average molecular weight is 387 g/mol. The topological polar surface area (TPSA) is 61.2 Å². The van der Waals surface area contributed by atoms with Crippen LogP contribution in [0.25, 0.3) is 16.5 Å². The third-order valence-corrected chi connectivity index (χ3v) is 4.43. The third kappa shape index (κ3) is 3.10. The lowest BCUT2D eigenvalue weighted by molar-refractivity contribution is -0.142. The number of nitrogens with zero attached hydrogens (tertiary/aromatic N) is 2. The van der Waals surface area contributed by atoms with Gasteiger partial charge in [0.1, 0.15) is 6.61 Å². The minimum atomic E-state index is -0.383. The maximum atomic E-state index is 12.8. The van der Waals surface area contributed by atoms with Gasteiger partial charge in [0.2, 0.25) is 0 Å². The standard InChI is InChI=1S/C18H15BrN2O3/c1-11-6-7-14-13(8-11)9-20-21(18(14)23)17-5-3-4-16(19)15(17)10-24-12(2)22/h3-9H,10H2,1-2H3. The Hall–Kier alpha value is -2.47. The van der Waals surface area contributed by atoms with Crippen LogP contribution in [0.1, 0.15) is 18.1 Å². The van der Waals surface area contributed by atoms with Gasteiger partial charge in [-0.05, 0) is 31.2 Å². The Labute approximate surface area is 147 Å². The Morgan fingerprint density at radius 2 is 2.08 bits per heavy atom. The van der Waals surface area contributed by atoms with Crippen LogP contribution in [-0.4, -0.2) is 15.7 Å². The molecule has 122 valence electrons. The molecule has 0 N–H and O–H groups in total. The number of hydrogen-bond acceptors (Lipinski definition) is 4. The highest BCUT2D eigenvalue weighted by Gasteiger charge is 2.14. The summed E-state index contributed by atoms with van der Waals surface area (Å²) >= 11 is 3.44. The van der Waals surface area contributed by atoms with E-state index in [-0.39, 0.29) is 18.1 Å². The van der Waals surface area contributed by atoms with Crippen molar-refractivity contribution in [3.8, 4) is 5.69 Å². The summed E-state index contributed by atoms with van der Waals surface area (Å²) < 4.78 is 7.19. The van der Waals surface area contributed by atoms with Gasteiger partial charge in [0, 0.05) is 22.3 Å². The van der Waals surface area contributed by atoms with Crippen molar-refractivity contribution in [1.29, 1.82) is 0 Å². The predicted molar refractivity (Wildman–Crippen MR) is 95.2 cm³/mol. The van der Waals surface area contributed by atoms with Crippen LogP contribution in [0.15, 0.2) is 51.9 Å². The molecule has 24 heavy (non-hydrogen) atoms. The first-order valence-corrected chi connectivity index (χ1v) is 8.16. The van der Waals surface area contributed by atoms with Crippen LogP contribution < -0.4 is 5.56 Å². The molecule has 6 heteroatoms. The number of aromatic nitrogens is 2. The van der Waals surface area contributed by atoms with Crippen molar-refractivity contribution in [2.24, 2.45) is 0 Å². The first kappa shape index (κ1) is 16.4. The molecule has 0 saturated heterocycles. The van der Waals surface area contributed by atoms with Crippen LogP contribution in [0.4, 0.5) is 0 Å². The number of rotatable bonds is 3. The zero-order chi connectivity index (χ0) is 17.3. The fourth-order valence-corrected chi connectivity index (χ4v) is 2.97. The van der Waals surface area contributed by atoms with Crippen LogP contribution >= 0.6 is 15.9 Å². The number of esters is 1. The summed E-state index contributed by atoms with van der Waals surface area (Å²) in [6, 6.07) is 11.0. The molecule has 0 aliphatic heterocycles. The highest BCUT2D eigenvalue weighted by atomic mass is 79.9. The predicted octanol–water partition coefficient (Wildman–Crippen LogP) is 3.52. The highest BCUT2D eigenvalue weighted by molar-refractivity contribution is 9.10. The molecule has 2 aromatic carbocycles. The van der Waals surface area contributed by atoms with E-state index < -0.39 is 0 Å². The summed E-state index contributed by atoms with van der Waals surface area (Å²) in [4.78, 5) is 23.9. The van der Waals surface area contributed by atoms with Crippen LogP contribution in [0.5, 0.6) is 0 Å². The third-order valence-electron chi connectivity index (χ3n) is 3.68. The van der Waals surface area contributed by atoms with Crippen molar-refractivity contribution >= 4 is 32.7 Å². The van der Waals surface area contributed by atoms with Gasteiger partial charge in [0.15, 0.2) is 0 Å². The Bertz CT molecular complexity index is 995. The van der Waals surface area contributed by atoms with Gasteiger partial charge in [-0.1, -0.05) is 33.6 Å². The maximum absolute atomic E-state index is 12.8. The van der Waals surface area contributed by atoms with E-state index in [4.69, 9.17) is 4.74 Å². The lowest BCUT2D eigenvalue weighted by atomic mass is 10.1. The fourth-order valence-electron chi connectivity index (χ4n) is 2.50. The fraction of sp³-hybridized carbons (Fsp3) is 0.167. The van der Waals surface area contributed by atoms with E-state index in [2.05, 4.69) is 21.0 Å². The molecule has 0 radical (unpaired) electrons. The van der Waals surface area contributed by atoms with Gasteiger partial charge >= 0.3 is 5.97 Å². The van der Waals surface area contributed by atoms with Gasteiger partial charge in [0.05, 0.1) is 17.3 Å². The van der Waals surface area contributed by atoms with Gasteiger partial charge < -0.3 is 4.74 Å². The van der Waals surface area contributed by atoms with Crippen molar-refractivity contribution in [2.75, 3.05) is 0 Å². The second-order valence-electron chi connectivity index (χ2n) is 5.47. The number of benzene rings is 2. The van der Waals surface area contributed by atoms with Crippen LogP contribution in [0.2, 0.25) is 0 Å². The van der Waals surface area contributed by atoms with E-state index in [1.54, 1.807) is 18.3 Å². The van der Waals surface area contributed by atoms with Gasteiger partial charge in [-0.3, -0.25) is 9.59 Å². The minimum Gasteiger partial charge on any atom is -0.461 e. The number of aryl methyl sites for hydroxylation is 1. The zero-order valence-corrected chi connectivity index (χ0v) is 14.8. The number of hydrogen-bond donors (Lipinski definition) is 0. The molecule has 0 spiro atoms. The number of carbonyl (C=O) groups is 1. The molecule has 1 aromatic heterocycles. The lowest BCUT2D eigenvalue weighted by Crippen LogP contribution is -2.22. The van der Waals surface area contributed by atoms with Gasteiger partial charge in [-0.15, -0.1) is 0 Å². The molecule has 0 amide bonds. The summed E-state index contributed by atoms with van der Waals surface area (Å²) in [7, 11) is 0. The van der Waals surface area contributed by atoms with E-state index in [0.717, 1.165) is 15.4 Å². The minimum absolute atomic E-state index is 0.0617. The Kier molecular flexibility index (Phi) is 4.49. The lowest BCUT2D eigenvalue weighted by Gasteiger charge is -2.13. The molecule has 5 nitrogen and oxygen atoms in total. The summed E-state index contributed by atoms with van der Waals surface area (Å²) in [6.45, 7) is 3.38. The number of fused-ring (bicyclic) bond motifs is 1. The molecular weight excluding hydrogens is 372 g/mol. The van der Waals surface area contributed by atoms with E-state index >= 15 is 0 Å². The van der Waals surface area contributed by atoms with Crippen LogP contribution in [0.3, 0.4) is 0 Å². The summed E-state index contributed by atoms with van der Waals surface area (Å²) in [5.41, 5.74) is 2.13. The Balaban J connectivity index is 2.19. The molecule has 1 heterocycles. The van der Waals surface area contributed by atoms with Crippen molar-refractivity contribution < 1.29 is 9.53 Å². The molecule has 3 rings (SSSR count). The Morgan fingerprint density at radius 3 is 2.83 bits per heavy atom. The number of carbonyl (C=O) groups excluding carboxylic acids is 1. The number of halogens is 1. The van der Waals surface area contributed by atoms with Crippen LogP contribution in [-0.2, 0) is 16.1 Å². The molecule has 3 aromatic rings. The molecule has 0 saturated carbocycles. The summed E-state index contributed by atoms with van der Waals surface area (Å²) in [6.07, 6.45) is 1.67. The van der Waals surface area contributed by atoms with Crippen molar-refractivity contribution in [2.45, 2.75) is 20.5 Å².